The Labute approximate surface area is 128 Å². The van der Waals surface area contributed by atoms with Gasteiger partial charge < -0.3 is 14.8 Å². The highest BCUT2D eigenvalue weighted by Crippen LogP contribution is 2.30. The molecule has 0 spiro atoms. The van der Waals surface area contributed by atoms with E-state index in [0.717, 1.165) is 18.2 Å². The van der Waals surface area contributed by atoms with Gasteiger partial charge in [0.05, 0.1) is 6.04 Å². The van der Waals surface area contributed by atoms with Crippen molar-refractivity contribution < 1.29 is 0 Å². The minimum atomic E-state index is 0.430. The maximum Gasteiger partial charge on any atom is 0.169 e. The van der Waals surface area contributed by atoms with E-state index < -0.39 is 0 Å². The highest BCUT2D eigenvalue weighted by Gasteiger charge is 2.25. The molecule has 1 atom stereocenters. The second-order valence-electron chi connectivity index (χ2n) is 5.69. The molecule has 1 aromatic heterocycles. The zero-order valence-electron chi connectivity index (χ0n) is 12.8. The summed E-state index contributed by atoms with van der Waals surface area (Å²) in [5.74, 6) is 0. The second-order valence-corrected chi connectivity index (χ2v) is 6.07. The first kappa shape index (κ1) is 15.4. The average Bonchev–Trinajstić information content (AvgIpc) is 2.73. The molecule has 1 aliphatic heterocycles. The van der Waals surface area contributed by atoms with Crippen LogP contribution in [0.15, 0.2) is 18.3 Å². The molecule has 1 aliphatic rings. The predicted octanol–water partition coefficient (Wildman–Crippen LogP) is 3.62. The zero-order valence-corrected chi connectivity index (χ0v) is 13.6. The van der Waals surface area contributed by atoms with Crippen molar-refractivity contribution in [3.05, 3.63) is 24.0 Å². The molecule has 0 aliphatic carbocycles. The molecule has 0 amide bonds. The van der Waals surface area contributed by atoms with Gasteiger partial charge >= 0.3 is 0 Å². The summed E-state index contributed by atoms with van der Waals surface area (Å²) in [6, 6.07) is 4.79. The second kappa shape index (κ2) is 7.67. The molecule has 1 N–H and O–H groups in total. The van der Waals surface area contributed by atoms with Crippen molar-refractivity contribution in [2.75, 3.05) is 13.1 Å². The molecule has 2 rings (SSSR count). The number of aromatic nitrogens is 1. The summed E-state index contributed by atoms with van der Waals surface area (Å²) in [6.45, 7) is 4.28. The van der Waals surface area contributed by atoms with Crippen LogP contribution in [0.25, 0.3) is 0 Å². The standard InChI is InChI=1S/C16H27N3S/c1-3-4-11-17-16(20)19-13-7-5-6-9-15(19)14-10-8-12-18(14)2/h8,10,12,15H,3-7,9,11,13H2,1-2H3,(H,17,20)/t15-/m1/s1. The zero-order chi connectivity index (χ0) is 14.4. The lowest BCUT2D eigenvalue weighted by Crippen LogP contribution is -2.42. The van der Waals surface area contributed by atoms with Crippen LogP contribution < -0.4 is 5.32 Å². The van der Waals surface area contributed by atoms with Crippen LogP contribution in [-0.2, 0) is 7.05 Å². The van der Waals surface area contributed by atoms with Crippen LogP contribution in [0.4, 0.5) is 0 Å². The molecule has 1 fully saturated rings. The summed E-state index contributed by atoms with van der Waals surface area (Å²) in [4.78, 5) is 2.41. The van der Waals surface area contributed by atoms with E-state index in [1.165, 1.54) is 44.2 Å². The van der Waals surface area contributed by atoms with Crippen LogP contribution in [0, 0.1) is 0 Å². The van der Waals surface area contributed by atoms with Gasteiger partial charge in [0.1, 0.15) is 0 Å². The molecule has 112 valence electrons. The first-order valence-corrected chi connectivity index (χ1v) is 8.30. The number of thiocarbonyl (C=S) groups is 1. The monoisotopic (exact) mass is 293 g/mol. The lowest BCUT2D eigenvalue weighted by molar-refractivity contribution is 0.306. The SMILES string of the molecule is CCCCNC(=S)N1CCCCC[C@@H]1c1cccn1C. The maximum atomic E-state index is 5.65. The number of hydrogen-bond acceptors (Lipinski definition) is 1. The van der Waals surface area contributed by atoms with Crippen molar-refractivity contribution in [3.63, 3.8) is 0 Å². The maximum absolute atomic E-state index is 5.65. The average molecular weight is 293 g/mol. The number of nitrogens with zero attached hydrogens (tertiary/aromatic N) is 2. The van der Waals surface area contributed by atoms with E-state index in [0.29, 0.717) is 6.04 Å². The van der Waals surface area contributed by atoms with Gasteiger partial charge in [0.15, 0.2) is 5.11 Å². The van der Waals surface area contributed by atoms with Crippen molar-refractivity contribution in [1.29, 1.82) is 0 Å². The summed E-state index contributed by atoms with van der Waals surface area (Å²) in [5.41, 5.74) is 1.38. The topological polar surface area (TPSA) is 20.2 Å². The van der Waals surface area contributed by atoms with Gasteiger partial charge in [-0.15, -0.1) is 0 Å². The largest absolute Gasteiger partial charge is 0.363 e. The van der Waals surface area contributed by atoms with Crippen molar-refractivity contribution in [2.24, 2.45) is 7.05 Å². The Bertz CT molecular complexity index is 427. The number of rotatable bonds is 4. The summed E-state index contributed by atoms with van der Waals surface area (Å²) >= 11 is 5.65. The van der Waals surface area contributed by atoms with Crippen molar-refractivity contribution in [3.8, 4) is 0 Å². The number of hydrogen-bond donors (Lipinski definition) is 1. The number of unbranched alkanes of at least 4 members (excludes halogenated alkanes) is 1. The summed E-state index contributed by atoms with van der Waals surface area (Å²) in [6.07, 6.45) is 9.58. The van der Waals surface area contributed by atoms with Gasteiger partial charge in [-0.3, -0.25) is 0 Å². The lowest BCUT2D eigenvalue weighted by atomic mass is 10.1. The van der Waals surface area contributed by atoms with E-state index >= 15 is 0 Å². The van der Waals surface area contributed by atoms with Crippen molar-refractivity contribution in [2.45, 2.75) is 51.5 Å². The summed E-state index contributed by atoms with van der Waals surface area (Å²) in [5, 5.41) is 4.38. The van der Waals surface area contributed by atoms with Gasteiger partial charge in [0, 0.05) is 32.0 Å². The third-order valence-corrected chi connectivity index (χ3v) is 4.52. The van der Waals surface area contributed by atoms with E-state index in [-0.39, 0.29) is 0 Å². The Morgan fingerprint density at radius 3 is 2.95 bits per heavy atom. The highest BCUT2D eigenvalue weighted by molar-refractivity contribution is 7.80. The molecular formula is C16H27N3S. The third kappa shape index (κ3) is 3.75. The quantitative estimate of drug-likeness (QED) is 0.676. The van der Waals surface area contributed by atoms with Crippen LogP contribution in [0.2, 0.25) is 0 Å². The molecule has 0 aromatic carbocycles. The van der Waals surface area contributed by atoms with Crippen LogP contribution in [-0.4, -0.2) is 27.7 Å². The van der Waals surface area contributed by atoms with Crippen LogP contribution in [0.1, 0.15) is 57.2 Å². The minimum Gasteiger partial charge on any atom is -0.363 e. The molecule has 0 saturated carbocycles. The van der Waals surface area contributed by atoms with E-state index in [1.54, 1.807) is 0 Å². The molecule has 1 aromatic rings. The van der Waals surface area contributed by atoms with E-state index in [2.05, 4.69) is 47.1 Å². The fourth-order valence-electron chi connectivity index (χ4n) is 2.95. The fraction of sp³-hybridized carbons (Fsp3) is 0.688. The molecule has 0 radical (unpaired) electrons. The first-order chi connectivity index (χ1) is 9.74. The Morgan fingerprint density at radius 2 is 2.25 bits per heavy atom. The smallest absolute Gasteiger partial charge is 0.169 e. The van der Waals surface area contributed by atoms with Crippen molar-refractivity contribution in [1.82, 2.24) is 14.8 Å². The third-order valence-electron chi connectivity index (χ3n) is 4.15. The van der Waals surface area contributed by atoms with Gasteiger partial charge in [-0.1, -0.05) is 26.2 Å². The van der Waals surface area contributed by atoms with Gasteiger partial charge in [-0.25, -0.2) is 0 Å². The Kier molecular flexibility index (Phi) is 5.89. The number of nitrogens with one attached hydrogen (secondary N) is 1. The predicted molar refractivity (Wildman–Crippen MR) is 88.8 cm³/mol. The summed E-state index contributed by atoms with van der Waals surface area (Å²) in [7, 11) is 2.13. The van der Waals surface area contributed by atoms with Crippen LogP contribution >= 0.6 is 12.2 Å². The molecule has 3 nitrogen and oxygen atoms in total. The first-order valence-electron chi connectivity index (χ1n) is 7.89. The normalized spacial score (nSPS) is 19.7. The Hall–Kier alpha value is -1.03. The van der Waals surface area contributed by atoms with E-state index in [9.17, 15) is 0 Å². The van der Waals surface area contributed by atoms with Gasteiger partial charge in [0.25, 0.3) is 0 Å². The highest BCUT2D eigenvalue weighted by atomic mass is 32.1. The van der Waals surface area contributed by atoms with E-state index in [1.807, 2.05) is 0 Å². The van der Waals surface area contributed by atoms with Crippen LogP contribution in [0.5, 0.6) is 0 Å². The number of likely N-dealkylation sites (tertiary alicyclic amines) is 1. The van der Waals surface area contributed by atoms with Gasteiger partial charge in [0.2, 0.25) is 0 Å². The fourth-order valence-corrected chi connectivity index (χ4v) is 3.27. The molecule has 1 saturated heterocycles. The van der Waals surface area contributed by atoms with Gasteiger partial charge in [-0.05, 0) is 43.6 Å². The Balaban J connectivity index is 2.09. The van der Waals surface area contributed by atoms with Crippen LogP contribution in [0.3, 0.4) is 0 Å². The molecule has 20 heavy (non-hydrogen) atoms. The number of aryl methyl sites for hydroxylation is 1. The Morgan fingerprint density at radius 1 is 1.40 bits per heavy atom. The van der Waals surface area contributed by atoms with Gasteiger partial charge in [-0.2, -0.15) is 0 Å². The van der Waals surface area contributed by atoms with Crippen molar-refractivity contribution >= 4 is 17.3 Å². The molecular weight excluding hydrogens is 266 g/mol. The molecule has 4 heteroatoms. The van der Waals surface area contributed by atoms with E-state index in [4.69, 9.17) is 12.2 Å². The molecule has 2 heterocycles. The lowest BCUT2D eigenvalue weighted by Gasteiger charge is -2.33. The minimum absolute atomic E-state index is 0.430. The molecule has 0 unspecified atom stereocenters. The molecule has 0 bridgehead atoms. The summed E-state index contributed by atoms with van der Waals surface area (Å²) < 4.78 is 2.23.